The fourth-order valence-corrected chi connectivity index (χ4v) is 3.40. The normalized spacial score (nSPS) is 14.3. The highest BCUT2D eigenvalue weighted by Crippen LogP contribution is 2.30. The summed E-state index contributed by atoms with van der Waals surface area (Å²) in [7, 11) is 0. The van der Waals surface area contributed by atoms with E-state index in [0.29, 0.717) is 6.54 Å². The van der Waals surface area contributed by atoms with Gasteiger partial charge in [0.2, 0.25) is 0 Å². The lowest BCUT2D eigenvalue weighted by Gasteiger charge is -2.33. The van der Waals surface area contributed by atoms with Gasteiger partial charge in [-0.1, -0.05) is 60.7 Å². The zero-order valence-electron chi connectivity index (χ0n) is 13.9. The van der Waals surface area contributed by atoms with E-state index in [1.807, 2.05) is 84.9 Å². The molecule has 0 aromatic heterocycles. The minimum Gasteiger partial charge on any atom is -0.285 e. The number of hydrogen-bond acceptors (Lipinski definition) is 2. The van der Waals surface area contributed by atoms with Gasteiger partial charge in [-0.2, -0.15) is 10.1 Å². The zero-order chi connectivity index (χ0) is 17.9. The van der Waals surface area contributed by atoms with Gasteiger partial charge < -0.3 is 0 Å². The van der Waals surface area contributed by atoms with Crippen molar-refractivity contribution < 1.29 is 4.79 Å². The molecule has 1 aliphatic heterocycles. The van der Waals surface area contributed by atoms with E-state index >= 15 is 0 Å². The number of carbonyl (C=O) groups excluding carboxylic acids is 1. The standard InChI is InChI=1S/C21H16BrN3O/c22-18-13-7-8-14-20(18)24-15-19(16-9-3-1-4-10-16)23-25(21(24)26)17-11-5-2-6-12-17/h1-14H,15H2. The highest BCUT2D eigenvalue weighted by atomic mass is 79.9. The average Bonchev–Trinajstić information content (AvgIpc) is 2.70. The highest BCUT2D eigenvalue weighted by molar-refractivity contribution is 9.10. The summed E-state index contributed by atoms with van der Waals surface area (Å²) in [4.78, 5) is 14.9. The van der Waals surface area contributed by atoms with Crippen molar-refractivity contribution in [3.63, 3.8) is 0 Å². The molecule has 0 fully saturated rings. The third kappa shape index (κ3) is 3.13. The van der Waals surface area contributed by atoms with Crippen LogP contribution < -0.4 is 9.91 Å². The Morgan fingerprint density at radius 3 is 2.12 bits per heavy atom. The Morgan fingerprint density at radius 2 is 1.42 bits per heavy atom. The van der Waals surface area contributed by atoms with Crippen molar-refractivity contribution in [2.24, 2.45) is 5.10 Å². The van der Waals surface area contributed by atoms with Crippen LogP contribution in [0.5, 0.6) is 0 Å². The van der Waals surface area contributed by atoms with E-state index in [9.17, 15) is 4.79 Å². The minimum absolute atomic E-state index is 0.178. The predicted molar refractivity (Wildman–Crippen MR) is 109 cm³/mol. The van der Waals surface area contributed by atoms with Crippen molar-refractivity contribution in [1.82, 2.24) is 0 Å². The second-order valence-corrected chi connectivity index (χ2v) is 6.73. The molecule has 1 aliphatic rings. The number of benzene rings is 3. The maximum absolute atomic E-state index is 13.2. The van der Waals surface area contributed by atoms with Crippen molar-refractivity contribution in [2.45, 2.75) is 0 Å². The van der Waals surface area contributed by atoms with Crippen LogP contribution in [-0.2, 0) is 0 Å². The van der Waals surface area contributed by atoms with Gasteiger partial charge >= 0.3 is 6.03 Å². The van der Waals surface area contributed by atoms with E-state index in [4.69, 9.17) is 0 Å². The summed E-state index contributed by atoms with van der Waals surface area (Å²) in [5.74, 6) is 0. The van der Waals surface area contributed by atoms with Crippen LogP contribution in [0, 0.1) is 0 Å². The highest BCUT2D eigenvalue weighted by Gasteiger charge is 2.31. The van der Waals surface area contributed by atoms with Crippen LogP contribution in [0.2, 0.25) is 0 Å². The van der Waals surface area contributed by atoms with Crippen LogP contribution in [0.3, 0.4) is 0 Å². The van der Waals surface area contributed by atoms with Crippen molar-refractivity contribution >= 4 is 39.0 Å². The molecule has 0 N–H and O–H groups in total. The molecule has 0 bridgehead atoms. The van der Waals surface area contributed by atoms with Gasteiger partial charge in [-0.15, -0.1) is 0 Å². The fraction of sp³-hybridized carbons (Fsp3) is 0.0476. The van der Waals surface area contributed by atoms with Crippen molar-refractivity contribution in [2.75, 3.05) is 16.5 Å². The molecule has 3 aromatic carbocycles. The smallest absolute Gasteiger partial charge is 0.285 e. The molecule has 0 aliphatic carbocycles. The van der Waals surface area contributed by atoms with Gasteiger partial charge in [0.25, 0.3) is 0 Å². The molecule has 0 unspecified atom stereocenters. The van der Waals surface area contributed by atoms with E-state index < -0.39 is 0 Å². The van der Waals surface area contributed by atoms with Crippen LogP contribution in [0.15, 0.2) is 94.5 Å². The Balaban J connectivity index is 1.82. The molecule has 2 amide bonds. The molecule has 0 radical (unpaired) electrons. The Kier molecular flexibility index (Phi) is 4.54. The summed E-state index contributed by atoms with van der Waals surface area (Å²) in [6.07, 6.45) is 0. The first-order valence-corrected chi connectivity index (χ1v) is 9.07. The van der Waals surface area contributed by atoms with Crippen LogP contribution in [-0.4, -0.2) is 18.3 Å². The minimum atomic E-state index is -0.178. The predicted octanol–water partition coefficient (Wildman–Crippen LogP) is 5.30. The van der Waals surface area contributed by atoms with Crippen LogP contribution in [0.1, 0.15) is 5.56 Å². The Morgan fingerprint density at radius 1 is 0.808 bits per heavy atom. The maximum atomic E-state index is 13.2. The summed E-state index contributed by atoms with van der Waals surface area (Å²) >= 11 is 3.56. The summed E-state index contributed by atoms with van der Waals surface area (Å²) < 4.78 is 0.871. The lowest BCUT2D eigenvalue weighted by atomic mass is 10.1. The Labute approximate surface area is 160 Å². The van der Waals surface area contributed by atoms with E-state index in [-0.39, 0.29) is 6.03 Å². The number of nitrogens with zero attached hydrogens (tertiary/aromatic N) is 3. The SMILES string of the molecule is O=C1N(c2ccccc2Br)CC(c2ccccc2)=NN1c1ccccc1. The van der Waals surface area contributed by atoms with Gasteiger partial charge in [0.15, 0.2) is 0 Å². The zero-order valence-corrected chi connectivity index (χ0v) is 15.5. The summed E-state index contributed by atoms with van der Waals surface area (Å²) in [6.45, 7) is 0.412. The molecular weight excluding hydrogens is 390 g/mol. The topological polar surface area (TPSA) is 35.9 Å². The van der Waals surface area contributed by atoms with Gasteiger partial charge in [0.1, 0.15) is 0 Å². The molecule has 1 heterocycles. The third-order valence-corrected chi connectivity index (χ3v) is 4.86. The van der Waals surface area contributed by atoms with Gasteiger partial charge in [-0.3, -0.25) is 4.90 Å². The van der Waals surface area contributed by atoms with Crippen molar-refractivity contribution in [3.8, 4) is 0 Å². The number of amides is 2. The van der Waals surface area contributed by atoms with Crippen LogP contribution >= 0.6 is 15.9 Å². The van der Waals surface area contributed by atoms with Gasteiger partial charge in [0.05, 0.1) is 23.6 Å². The molecule has 128 valence electrons. The van der Waals surface area contributed by atoms with E-state index in [0.717, 1.165) is 27.1 Å². The third-order valence-electron chi connectivity index (χ3n) is 4.19. The molecule has 0 saturated heterocycles. The number of carbonyl (C=O) groups is 1. The molecular formula is C21H16BrN3O. The number of rotatable bonds is 3. The van der Waals surface area contributed by atoms with Gasteiger partial charge in [-0.25, -0.2) is 4.79 Å². The number of anilines is 2. The lowest BCUT2D eigenvalue weighted by Crippen LogP contribution is -2.49. The number of para-hydroxylation sites is 2. The second kappa shape index (κ2) is 7.14. The number of hydrazone groups is 1. The van der Waals surface area contributed by atoms with Gasteiger partial charge in [-0.05, 0) is 45.8 Å². The number of hydrogen-bond donors (Lipinski definition) is 0. The van der Waals surface area contributed by atoms with Crippen LogP contribution in [0.4, 0.5) is 16.2 Å². The molecule has 5 heteroatoms. The average molecular weight is 406 g/mol. The second-order valence-electron chi connectivity index (χ2n) is 5.88. The monoisotopic (exact) mass is 405 g/mol. The molecule has 4 nitrogen and oxygen atoms in total. The van der Waals surface area contributed by atoms with E-state index in [1.54, 1.807) is 4.90 Å². The fourth-order valence-electron chi connectivity index (χ4n) is 2.90. The van der Waals surface area contributed by atoms with Crippen LogP contribution in [0.25, 0.3) is 0 Å². The molecule has 3 aromatic rings. The molecule has 0 saturated carbocycles. The quantitative estimate of drug-likeness (QED) is 0.582. The van der Waals surface area contributed by atoms with Crippen molar-refractivity contribution in [1.29, 1.82) is 0 Å². The number of urea groups is 1. The summed E-state index contributed by atoms with van der Waals surface area (Å²) in [6, 6.07) is 27.0. The lowest BCUT2D eigenvalue weighted by molar-refractivity contribution is 0.251. The summed E-state index contributed by atoms with van der Waals surface area (Å²) in [5.41, 5.74) is 3.40. The Hall–Kier alpha value is -2.92. The van der Waals surface area contributed by atoms with E-state index in [2.05, 4.69) is 21.0 Å². The first-order chi connectivity index (χ1) is 12.7. The van der Waals surface area contributed by atoms with Crippen molar-refractivity contribution in [3.05, 3.63) is 95.0 Å². The first-order valence-electron chi connectivity index (χ1n) is 8.28. The first kappa shape index (κ1) is 16.5. The maximum Gasteiger partial charge on any atom is 0.350 e. The molecule has 0 atom stereocenters. The number of halogens is 1. The summed E-state index contributed by atoms with van der Waals surface area (Å²) in [5, 5.41) is 6.12. The molecule has 26 heavy (non-hydrogen) atoms. The largest absolute Gasteiger partial charge is 0.350 e. The molecule has 0 spiro atoms. The Bertz CT molecular complexity index is 957. The van der Waals surface area contributed by atoms with Gasteiger partial charge in [0, 0.05) is 4.47 Å². The van der Waals surface area contributed by atoms with E-state index in [1.165, 1.54) is 5.01 Å². The molecule has 4 rings (SSSR count).